The van der Waals surface area contributed by atoms with Gasteiger partial charge in [0.15, 0.2) is 0 Å². The third-order valence-corrected chi connectivity index (χ3v) is 10.6. The zero-order valence-electron chi connectivity index (χ0n) is 35.0. The minimum atomic E-state index is 0.161. The molecule has 2 aromatic carbocycles. The second-order valence-corrected chi connectivity index (χ2v) is 20.0. The van der Waals surface area contributed by atoms with Crippen molar-refractivity contribution in [3.8, 4) is 0 Å². The van der Waals surface area contributed by atoms with Gasteiger partial charge >= 0.3 is 0 Å². The first-order valence-corrected chi connectivity index (χ1v) is 19.9. The van der Waals surface area contributed by atoms with Gasteiger partial charge in [-0.15, -0.1) is 11.3 Å². The maximum absolute atomic E-state index is 4.94. The summed E-state index contributed by atoms with van der Waals surface area (Å²) in [5.41, 5.74) is 6.70. The first kappa shape index (κ1) is 44.0. The number of furan rings is 1. The monoisotopic (exact) mass is 710 g/mol. The highest BCUT2D eigenvalue weighted by molar-refractivity contribution is 7.10. The summed E-state index contributed by atoms with van der Waals surface area (Å²) in [5.74, 6) is 1.01. The van der Waals surface area contributed by atoms with Gasteiger partial charge in [0, 0.05) is 16.5 Å². The lowest BCUT2D eigenvalue weighted by molar-refractivity contribution is 0.246. The summed E-state index contributed by atoms with van der Waals surface area (Å²) in [6.45, 7) is 33.6. The second-order valence-electron chi connectivity index (χ2n) is 19.1. The van der Waals surface area contributed by atoms with Crippen LogP contribution in [-0.2, 0) is 21.7 Å². The molecular formula is C48H71NOS. The van der Waals surface area contributed by atoms with Crippen molar-refractivity contribution in [3.63, 3.8) is 0 Å². The number of thiophene rings is 1. The highest BCUT2D eigenvalue weighted by Crippen LogP contribution is 2.38. The third kappa shape index (κ3) is 15.9. The van der Waals surface area contributed by atoms with E-state index in [0.717, 1.165) is 11.4 Å². The maximum Gasteiger partial charge on any atom is 0.0939 e. The van der Waals surface area contributed by atoms with E-state index in [4.69, 9.17) is 4.42 Å². The number of fused-ring (bicyclic) bond motifs is 1. The fraction of sp³-hybridized carbons (Fsp3) is 0.521. The van der Waals surface area contributed by atoms with Crippen LogP contribution in [0.5, 0.6) is 0 Å². The molecule has 3 aromatic heterocycles. The van der Waals surface area contributed by atoms with E-state index in [0.29, 0.717) is 16.2 Å². The summed E-state index contributed by atoms with van der Waals surface area (Å²) in [6, 6.07) is 27.3. The molecule has 2 nitrogen and oxygen atoms in total. The molecule has 1 aliphatic carbocycles. The molecule has 51 heavy (non-hydrogen) atoms. The van der Waals surface area contributed by atoms with Gasteiger partial charge in [0.2, 0.25) is 0 Å². The van der Waals surface area contributed by atoms with Crippen LogP contribution in [0.3, 0.4) is 0 Å². The molecule has 1 fully saturated rings. The quantitative estimate of drug-likeness (QED) is 0.160. The van der Waals surface area contributed by atoms with Crippen LogP contribution in [0.2, 0.25) is 0 Å². The molecule has 0 radical (unpaired) electrons. The molecule has 5 aromatic rings. The van der Waals surface area contributed by atoms with E-state index in [9.17, 15) is 0 Å². The van der Waals surface area contributed by atoms with Crippen LogP contribution in [0.15, 0.2) is 107 Å². The van der Waals surface area contributed by atoms with Gasteiger partial charge < -0.3 is 4.42 Å². The van der Waals surface area contributed by atoms with Gasteiger partial charge in [-0.1, -0.05) is 177 Å². The van der Waals surface area contributed by atoms with Gasteiger partial charge in [-0.3, -0.25) is 4.98 Å². The molecular weight excluding hydrogens is 639 g/mol. The van der Waals surface area contributed by atoms with Crippen LogP contribution < -0.4 is 0 Å². The van der Waals surface area contributed by atoms with Crippen molar-refractivity contribution >= 4 is 22.2 Å². The molecule has 0 spiro atoms. The molecule has 3 heteroatoms. The average Bonchev–Trinajstić information content (AvgIpc) is 3.85. The van der Waals surface area contributed by atoms with Gasteiger partial charge in [-0.25, -0.2) is 0 Å². The minimum Gasteiger partial charge on any atom is -0.472 e. The van der Waals surface area contributed by atoms with E-state index < -0.39 is 0 Å². The first-order chi connectivity index (χ1) is 23.5. The van der Waals surface area contributed by atoms with Crippen LogP contribution in [0.4, 0.5) is 0 Å². The second kappa shape index (κ2) is 19.1. The smallest absolute Gasteiger partial charge is 0.0939 e. The Hall–Kier alpha value is -3.17. The van der Waals surface area contributed by atoms with Crippen molar-refractivity contribution in [1.82, 2.24) is 4.98 Å². The summed E-state index contributed by atoms with van der Waals surface area (Å²) in [7, 11) is 0. The number of hydrogen-bond acceptors (Lipinski definition) is 3. The van der Waals surface area contributed by atoms with Crippen molar-refractivity contribution in [2.45, 2.75) is 151 Å². The lowest BCUT2D eigenvalue weighted by Crippen LogP contribution is -2.16. The normalized spacial score (nSPS) is 13.8. The standard InChI is InChI=1S/C13H15N.C10H14.C9H18.C8H12O.C8H12S/c1-13(2,3)11-8-4-6-10-7-5-9-14-12(10)11;1-10(2,3)9-7-5-4-6-8-9;1-9(2,3)8-6-4-5-7-8;1-8(2,3)7-4-5-9-6-7;1-8(2,3)7-5-4-6-9-7/h4-9H,1-3H3;4-8H,1-3H3;8H,4-7H2,1-3H3;2*4-6H,1-3H3. The predicted octanol–water partition coefficient (Wildman–Crippen LogP) is 15.4. The Morgan fingerprint density at radius 1 is 0.569 bits per heavy atom. The van der Waals surface area contributed by atoms with Crippen LogP contribution in [-0.4, -0.2) is 4.98 Å². The molecule has 0 unspecified atom stereocenters. The number of rotatable bonds is 0. The Morgan fingerprint density at radius 3 is 1.53 bits per heavy atom. The Balaban J connectivity index is 0.000000224. The Morgan fingerprint density at radius 2 is 1.16 bits per heavy atom. The molecule has 0 atom stereocenters. The first-order valence-electron chi connectivity index (χ1n) is 19.0. The van der Waals surface area contributed by atoms with E-state index >= 15 is 0 Å². The number of aromatic nitrogens is 1. The van der Waals surface area contributed by atoms with E-state index in [1.54, 1.807) is 12.5 Å². The molecule has 0 bridgehead atoms. The highest BCUT2D eigenvalue weighted by Gasteiger charge is 2.27. The number of nitrogens with zero attached hydrogens (tertiary/aromatic N) is 1. The molecule has 0 N–H and O–H groups in total. The lowest BCUT2D eigenvalue weighted by Gasteiger charge is -2.26. The van der Waals surface area contributed by atoms with E-state index in [2.05, 4.69) is 181 Å². The van der Waals surface area contributed by atoms with Crippen LogP contribution in [0.25, 0.3) is 10.9 Å². The zero-order chi connectivity index (χ0) is 38.5. The zero-order valence-corrected chi connectivity index (χ0v) is 35.8. The average molecular weight is 710 g/mol. The van der Waals surface area contributed by atoms with Gasteiger partial charge in [0.25, 0.3) is 0 Å². The van der Waals surface area contributed by atoms with Crippen molar-refractivity contribution in [1.29, 1.82) is 0 Å². The van der Waals surface area contributed by atoms with Crippen LogP contribution in [0.1, 0.15) is 151 Å². The van der Waals surface area contributed by atoms with Gasteiger partial charge in [-0.2, -0.15) is 0 Å². The summed E-state index contributed by atoms with van der Waals surface area (Å²) in [4.78, 5) is 5.91. The summed E-state index contributed by atoms with van der Waals surface area (Å²) < 4.78 is 4.94. The van der Waals surface area contributed by atoms with Crippen molar-refractivity contribution in [2.75, 3.05) is 0 Å². The summed E-state index contributed by atoms with van der Waals surface area (Å²) >= 11 is 1.83. The topological polar surface area (TPSA) is 26.0 Å². The number of hydrogen-bond donors (Lipinski definition) is 0. The van der Waals surface area contributed by atoms with Gasteiger partial charge in [-0.05, 0) is 86.1 Å². The SMILES string of the molecule is CC(C)(C)C1CCCC1.CC(C)(C)c1cccc2cccnc12.CC(C)(C)c1ccccc1.CC(C)(C)c1cccs1.CC(C)(C)c1ccoc1. The molecule has 280 valence electrons. The number of pyridine rings is 1. The van der Waals surface area contributed by atoms with Crippen LogP contribution >= 0.6 is 11.3 Å². The fourth-order valence-corrected chi connectivity index (χ4v) is 6.65. The number of para-hydroxylation sites is 1. The lowest BCUT2D eigenvalue weighted by atomic mass is 9.80. The van der Waals surface area contributed by atoms with Crippen molar-refractivity contribution < 1.29 is 4.42 Å². The molecule has 1 aliphatic rings. The summed E-state index contributed by atoms with van der Waals surface area (Å²) in [5, 5.41) is 3.35. The predicted molar refractivity (Wildman–Crippen MR) is 227 cm³/mol. The Kier molecular flexibility index (Phi) is 16.4. The maximum atomic E-state index is 4.94. The van der Waals surface area contributed by atoms with Crippen LogP contribution in [0, 0.1) is 11.3 Å². The van der Waals surface area contributed by atoms with Gasteiger partial charge in [0.1, 0.15) is 0 Å². The van der Waals surface area contributed by atoms with E-state index in [1.165, 1.54) is 52.6 Å². The van der Waals surface area contributed by atoms with E-state index in [-0.39, 0.29) is 10.8 Å². The molecule has 0 aliphatic heterocycles. The fourth-order valence-electron chi connectivity index (χ4n) is 5.84. The molecule has 0 saturated heterocycles. The Bertz CT molecular complexity index is 1570. The molecule has 1 saturated carbocycles. The molecule has 3 heterocycles. The van der Waals surface area contributed by atoms with Crippen molar-refractivity contribution in [3.05, 3.63) is 125 Å². The largest absolute Gasteiger partial charge is 0.472 e. The van der Waals surface area contributed by atoms with E-state index in [1.807, 2.05) is 29.7 Å². The highest BCUT2D eigenvalue weighted by atomic mass is 32.1. The summed E-state index contributed by atoms with van der Waals surface area (Å²) in [6.07, 6.45) is 11.3. The number of benzene rings is 2. The third-order valence-electron chi connectivity index (χ3n) is 9.31. The molecule has 0 amide bonds. The molecule has 6 rings (SSSR count). The Labute approximate surface area is 317 Å². The minimum absolute atomic E-state index is 0.161. The van der Waals surface area contributed by atoms with Crippen molar-refractivity contribution in [2.24, 2.45) is 11.3 Å². The van der Waals surface area contributed by atoms with Gasteiger partial charge in [0.05, 0.1) is 18.0 Å².